The van der Waals surface area contributed by atoms with Gasteiger partial charge in [-0.1, -0.05) is 17.7 Å². The average Bonchev–Trinajstić information content (AvgIpc) is 2.87. The summed E-state index contributed by atoms with van der Waals surface area (Å²) >= 11 is 1.55. The molecule has 3 aromatic rings. The fourth-order valence-electron chi connectivity index (χ4n) is 2.86. The Bertz CT molecular complexity index is 983. The fraction of sp³-hybridized carbons (Fsp3) is 0.300. The van der Waals surface area contributed by atoms with Crippen molar-refractivity contribution in [1.82, 2.24) is 15.0 Å². The van der Waals surface area contributed by atoms with E-state index in [1.807, 2.05) is 59.7 Å². The predicted molar refractivity (Wildman–Crippen MR) is 110 cm³/mol. The van der Waals surface area contributed by atoms with E-state index in [9.17, 15) is 4.79 Å². The number of rotatable bonds is 4. The SMILES string of the molecule is Cc1ccc(NC(=O)c2c(C)nc(Nc3nc(C)c(C)s3)nc2C)c(C)c1. The van der Waals surface area contributed by atoms with Crippen LogP contribution in [0.15, 0.2) is 18.2 Å². The molecule has 1 aromatic carbocycles. The molecule has 0 aliphatic heterocycles. The first-order valence-corrected chi connectivity index (χ1v) is 9.51. The Kier molecular flexibility index (Phi) is 5.23. The number of aromatic nitrogens is 3. The molecule has 6 nitrogen and oxygen atoms in total. The maximum absolute atomic E-state index is 12.8. The summed E-state index contributed by atoms with van der Waals surface area (Å²) in [4.78, 5) is 27.3. The number of aryl methyl sites for hydroxylation is 6. The van der Waals surface area contributed by atoms with Crippen molar-refractivity contribution in [2.45, 2.75) is 41.5 Å². The van der Waals surface area contributed by atoms with Crippen LogP contribution >= 0.6 is 11.3 Å². The van der Waals surface area contributed by atoms with Crippen molar-refractivity contribution in [3.05, 3.63) is 56.8 Å². The van der Waals surface area contributed by atoms with Gasteiger partial charge in [0.15, 0.2) is 5.13 Å². The molecular weight excluding hydrogens is 358 g/mol. The maximum atomic E-state index is 12.8. The highest BCUT2D eigenvalue weighted by Crippen LogP contribution is 2.25. The maximum Gasteiger partial charge on any atom is 0.259 e. The highest BCUT2D eigenvalue weighted by molar-refractivity contribution is 7.15. The average molecular weight is 382 g/mol. The molecular formula is C20H23N5OS. The third-order valence-corrected chi connectivity index (χ3v) is 5.36. The van der Waals surface area contributed by atoms with Crippen LogP contribution in [0.5, 0.6) is 0 Å². The minimum atomic E-state index is -0.204. The van der Waals surface area contributed by atoms with Crippen LogP contribution in [0.3, 0.4) is 0 Å². The molecule has 0 atom stereocenters. The van der Waals surface area contributed by atoms with Crippen LogP contribution in [-0.2, 0) is 0 Å². The molecule has 7 heteroatoms. The first-order valence-electron chi connectivity index (χ1n) is 8.69. The Hall–Kier alpha value is -2.80. The van der Waals surface area contributed by atoms with Gasteiger partial charge in [0.25, 0.3) is 5.91 Å². The van der Waals surface area contributed by atoms with Gasteiger partial charge in [-0.25, -0.2) is 15.0 Å². The fourth-order valence-corrected chi connectivity index (χ4v) is 3.67. The second-order valence-electron chi connectivity index (χ2n) is 6.65. The van der Waals surface area contributed by atoms with Gasteiger partial charge in [0, 0.05) is 10.6 Å². The van der Waals surface area contributed by atoms with E-state index in [-0.39, 0.29) is 5.91 Å². The minimum Gasteiger partial charge on any atom is -0.322 e. The molecule has 0 radical (unpaired) electrons. The summed E-state index contributed by atoms with van der Waals surface area (Å²) in [7, 11) is 0. The smallest absolute Gasteiger partial charge is 0.259 e. The van der Waals surface area contributed by atoms with Gasteiger partial charge >= 0.3 is 0 Å². The van der Waals surface area contributed by atoms with E-state index < -0.39 is 0 Å². The Balaban J connectivity index is 1.84. The molecule has 0 fully saturated rings. The second-order valence-corrected chi connectivity index (χ2v) is 7.85. The van der Waals surface area contributed by atoms with Crippen molar-refractivity contribution in [3.8, 4) is 0 Å². The number of thiazole rings is 1. The van der Waals surface area contributed by atoms with E-state index in [4.69, 9.17) is 0 Å². The summed E-state index contributed by atoms with van der Waals surface area (Å²) < 4.78 is 0. The van der Waals surface area contributed by atoms with E-state index in [1.54, 1.807) is 11.3 Å². The molecule has 0 spiro atoms. The highest BCUT2D eigenvalue weighted by atomic mass is 32.1. The zero-order valence-electron chi connectivity index (χ0n) is 16.4. The summed E-state index contributed by atoms with van der Waals surface area (Å²) in [6.07, 6.45) is 0. The van der Waals surface area contributed by atoms with E-state index >= 15 is 0 Å². The van der Waals surface area contributed by atoms with Crippen LogP contribution in [0.1, 0.15) is 43.4 Å². The highest BCUT2D eigenvalue weighted by Gasteiger charge is 2.17. The minimum absolute atomic E-state index is 0.204. The van der Waals surface area contributed by atoms with Crippen molar-refractivity contribution in [2.24, 2.45) is 0 Å². The standard InChI is InChI=1S/C20H23N5OS/c1-10-7-8-16(11(2)9-10)24-18(26)17-13(4)21-19(22-14(17)5)25-20-23-12(3)15(6)27-20/h7-9H,1-6H3,(H,24,26)(H,21,22,23,25). The monoisotopic (exact) mass is 381 g/mol. The van der Waals surface area contributed by atoms with Gasteiger partial charge < -0.3 is 10.6 Å². The Morgan fingerprint density at radius 3 is 2.15 bits per heavy atom. The van der Waals surface area contributed by atoms with Crippen LogP contribution < -0.4 is 10.6 Å². The third-order valence-electron chi connectivity index (χ3n) is 4.38. The summed E-state index contributed by atoms with van der Waals surface area (Å²) in [6, 6.07) is 5.93. The van der Waals surface area contributed by atoms with Crippen LogP contribution in [0.25, 0.3) is 0 Å². The lowest BCUT2D eigenvalue weighted by Crippen LogP contribution is -2.18. The number of carbonyl (C=O) groups excluding carboxylic acids is 1. The van der Waals surface area contributed by atoms with E-state index in [1.165, 1.54) is 0 Å². The molecule has 0 unspecified atom stereocenters. The normalized spacial score (nSPS) is 10.7. The largest absolute Gasteiger partial charge is 0.322 e. The zero-order valence-corrected chi connectivity index (χ0v) is 17.2. The lowest BCUT2D eigenvalue weighted by atomic mass is 10.1. The molecule has 2 aromatic heterocycles. The van der Waals surface area contributed by atoms with Crippen LogP contribution in [0, 0.1) is 41.5 Å². The van der Waals surface area contributed by atoms with Crippen LogP contribution in [-0.4, -0.2) is 20.9 Å². The van der Waals surface area contributed by atoms with Crippen molar-refractivity contribution in [2.75, 3.05) is 10.6 Å². The number of amides is 1. The first-order chi connectivity index (χ1) is 12.7. The van der Waals surface area contributed by atoms with Gasteiger partial charge in [-0.05, 0) is 53.2 Å². The first kappa shape index (κ1) is 19.0. The summed E-state index contributed by atoms with van der Waals surface area (Å²) in [5, 5.41) is 6.84. The molecule has 0 saturated heterocycles. The molecule has 2 heterocycles. The zero-order chi connectivity index (χ0) is 19.7. The molecule has 1 amide bonds. The van der Waals surface area contributed by atoms with Crippen molar-refractivity contribution in [3.63, 3.8) is 0 Å². The molecule has 0 aliphatic rings. The summed E-state index contributed by atoms with van der Waals surface area (Å²) in [5.74, 6) is 0.242. The number of nitrogens with one attached hydrogen (secondary N) is 2. The third kappa shape index (κ3) is 4.14. The van der Waals surface area contributed by atoms with Gasteiger partial charge in [0.05, 0.1) is 22.6 Å². The van der Waals surface area contributed by atoms with E-state index in [2.05, 4.69) is 25.6 Å². The van der Waals surface area contributed by atoms with Gasteiger partial charge in [0.1, 0.15) is 0 Å². The van der Waals surface area contributed by atoms with Crippen LogP contribution in [0.4, 0.5) is 16.8 Å². The number of hydrogen-bond donors (Lipinski definition) is 2. The molecule has 140 valence electrons. The van der Waals surface area contributed by atoms with Gasteiger partial charge in [0.2, 0.25) is 5.95 Å². The Morgan fingerprint density at radius 1 is 0.926 bits per heavy atom. The molecule has 3 rings (SSSR count). The second kappa shape index (κ2) is 7.44. The Morgan fingerprint density at radius 2 is 1.59 bits per heavy atom. The van der Waals surface area contributed by atoms with E-state index in [0.29, 0.717) is 22.9 Å². The number of anilines is 3. The predicted octanol–water partition coefficient (Wildman–Crippen LogP) is 4.78. The van der Waals surface area contributed by atoms with Gasteiger partial charge in [-0.3, -0.25) is 4.79 Å². The lowest BCUT2D eigenvalue weighted by Gasteiger charge is -2.13. The number of benzene rings is 1. The number of hydrogen-bond acceptors (Lipinski definition) is 6. The molecule has 0 bridgehead atoms. The Labute approximate surface area is 163 Å². The molecule has 27 heavy (non-hydrogen) atoms. The molecule has 0 saturated carbocycles. The quantitative estimate of drug-likeness (QED) is 0.680. The molecule has 0 aliphatic carbocycles. The van der Waals surface area contributed by atoms with Crippen LogP contribution in [0.2, 0.25) is 0 Å². The van der Waals surface area contributed by atoms with Crippen molar-refractivity contribution >= 4 is 34.0 Å². The van der Waals surface area contributed by atoms with E-state index in [0.717, 1.165) is 32.5 Å². The molecule has 2 N–H and O–H groups in total. The number of carbonyl (C=O) groups is 1. The summed E-state index contributed by atoms with van der Waals surface area (Å²) in [5.41, 5.74) is 5.69. The lowest BCUT2D eigenvalue weighted by molar-refractivity contribution is 0.102. The number of nitrogens with zero attached hydrogens (tertiary/aromatic N) is 3. The summed E-state index contributed by atoms with van der Waals surface area (Å²) in [6.45, 7) is 11.6. The van der Waals surface area contributed by atoms with Crippen molar-refractivity contribution in [1.29, 1.82) is 0 Å². The van der Waals surface area contributed by atoms with Crippen molar-refractivity contribution < 1.29 is 4.79 Å². The van der Waals surface area contributed by atoms with Gasteiger partial charge in [-0.15, -0.1) is 11.3 Å². The topological polar surface area (TPSA) is 79.8 Å². The van der Waals surface area contributed by atoms with Gasteiger partial charge in [-0.2, -0.15) is 0 Å².